The Bertz CT molecular complexity index is 1940. The molecule has 0 bridgehead atoms. The number of primary sulfonamides is 1. The molecule has 0 unspecified atom stereocenters. The van der Waals surface area contributed by atoms with Gasteiger partial charge in [-0.2, -0.15) is 0 Å². The number of sulfonamides is 1. The van der Waals surface area contributed by atoms with Crippen LogP contribution in [-0.2, 0) is 26.7 Å². The van der Waals surface area contributed by atoms with E-state index in [4.69, 9.17) is 9.66 Å². The van der Waals surface area contributed by atoms with E-state index in [1.165, 1.54) is 34.3 Å². The summed E-state index contributed by atoms with van der Waals surface area (Å²) in [5.74, 6) is 0.669. The summed E-state index contributed by atoms with van der Waals surface area (Å²) in [6, 6.07) is 30.2. The molecule has 5 rings (SSSR count). The monoisotopic (exact) mass is 727 g/mol. The zero-order chi connectivity index (χ0) is 34.1. The predicted octanol–water partition coefficient (Wildman–Crippen LogP) is 6.91. The second-order valence-electron chi connectivity index (χ2n) is 11.2. The van der Waals surface area contributed by atoms with Crippen LogP contribution in [-0.4, -0.2) is 51.7 Å². The van der Waals surface area contributed by atoms with Crippen molar-refractivity contribution in [3.63, 3.8) is 0 Å². The quantitative estimate of drug-likeness (QED) is 0.142. The number of aryl methyl sites for hydroxylation is 2. The first-order chi connectivity index (χ1) is 21.5. The zero-order valence-corrected chi connectivity index (χ0v) is 29.6. The average Bonchev–Trinajstić information content (AvgIpc) is 3.40. The molecule has 46 heavy (non-hydrogen) atoms. The maximum Gasteiger partial charge on any atom is 0.238 e. The lowest BCUT2D eigenvalue weighted by Crippen LogP contribution is -2.38. The summed E-state index contributed by atoms with van der Waals surface area (Å²) >= 11 is 3.57. The van der Waals surface area contributed by atoms with Gasteiger partial charge in [-0.3, -0.25) is 0 Å². The van der Waals surface area contributed by atoms with Crippen molar-refractivity contribution in [2.75, 3.05) is 20.6 Å². The van der Waals surface area contributed by atoms with E-state index in [1.54, 1.807) is 24.3 Å². The van der Waals surface area contributed by atoms with E-state index in [-0.39, 0.29) is 9.79 Å². The number of hydrogen-bond acceptors (Lipinski definition) is 7. The number of halogens is 1. The molecule has 12 heteroatoms. The lowest BCUT2D eigenvalue weighted by molar-refractivity contribution is -0.901. The Balaban J connectivity index is 0.000000205. The van der Waals surface area contributed by atoms with Crippen LogP contribution < -0.4 is 5.14 Å². The molecule has 1 heterocycles. The van der Waals surface area contributed by atoms with Crippen LogP contribution in [0.4, 0.5) is 0 Å². The molecule has 0 amide bonds. The summed E-state index contributed by atoms with van der Waals surface area (Å²) in [6.45, 7) is 8.10. The Morgan fingerprint density at radius 3 is 1.85 bits per heavy atom. The fourth-order valence-electron chi connectivity index (χ4n) is 4.22. The largest absolute Gasteiger partial charge is 0.744 e. The number of benzene rings is 4. The number of aromatic nitrogens is 1. The minimum Gasteiger partial charge on any atom is -0.744 e. The summed E-state index contributed by atoms with van der Waals surface area (Å²) in [5, 5.41) is 9.23. The third-order valence-electron chi connectivity index (χ3n) is 7.10. The second-order valence-corrected chi connectivity index (χ2v) is 15.0. The van der Waals surface area contributed by atoms with Crippen molar-refractivity contribution in [3.8, 4) is 22.4 Å². The molecule has 0 aliphatic carbocycles. The standard InChI is InChI=1S/C16H14N2O3S.C11H17BrN.C7H8O3S/c1-11-15(12-7-9-14(10-8-12)22(17,19)20)16(18-21-11)13-5-3-2-4-6-13;1-4-13(2,3)9-10-7-5-6-8-11(10)12;1-6-2-4-7(5-3-6)11(8,9)10/h2-10H,1H3,(H2,17,19,20);5-8H,4,9H2,1-3H3;2-5H,1H3,(H,8,9,10)/q;+1;/p-1. The molecule has 5 aromatic rings. The Morgan fingerprint density at radius 2 is 1.33 bits per heavy atom. The molecule has 0 fully saturated rings. The van der Waals surface area contributed by atoms with Crippen LogP contribution in [0.15, 0.2) is 122 Å². The van der Waals surface area contributed by atoms with E-state index >= 15 is 0 Å². The van der Waals surface area contributed by atoms with E-state index in [1.807, 2.05) is 44.2 Å². The Hall–Kier alpha value is -3.65. The van der Waals surface area contributed by atoms with Crippen LogP contribution >= 0.6 is 15.9 Å². The van der Waals surface area contributed by atoms with Crippen LogP contribution in [0, 0.1) is 13.8 Å². The van der Waals surface area contributed by atoms with E-state index < -0.39 is 20.1 Å². The SMILES string of the molecule is CC[N+](C)(C)Cc1ccccc1Br.Cc1ccc(S(=O)(=O)[O-])cc1.Cc1onc(-c2ccccc2)c1-c1ccc(S(N)(=O)=O)cc1. The first-order valence-electron chi connectivity index (χ1n) is 14.2. The molecule has 0 radical (unpaired) electrons. The van der Waals surface area contributed by atoms with Gasteiger partial charge in [0.05, 0.1) is 36.0 Å². The predicted molar refractivity (Wildman–Crippen MR) is 183 cm³/mol. The minimum absolute atomic E-state index is 0.0756. The van der Waals surface area contributed by atoms with Gasteiger partial charge in [0.1, 0.15) is 28.1 Å². The van der Waals surface area contributed by atoms with Gasteiger partial charge in [0, 0.05) is 15.6 Å². The van der Waals surface area contributed by atoms with Crippen molar-refractivity contribution in [3.05, 3.63) is 124 Å². The van der Waals surface area contributed by atoms with Crippen LogP contribution in [0.25, 0.3) is 22.4 Å². The third kappa shape index (κ3) is 10.7. The number of rotatable bonds is 7. The highest BCUT2D eigenvalue weighted by Gasteiger charge is 2.17. The molecule has 2 N–H and O–H groups in total. The maximum absolute atomic E-state index is 11.3. The molecule has 0 saturated heterocycles. The van der Waals surface area contributed by atoms with E-state index in [0.717, 1.165) is 45.5 Å². The van der Waals surface area contributed by atoms with Crippen LogP contribution in [0.1, 0.15) is 23.8 Å². The van der Waals surface area contributed by atoms with Crippen molar-refractivity contribution in [1.29, 1.82) is 0 Å². The van der Waals surface area contributed by atoms with E-state index in [9.17, 15) is 21.4 Å². The van der Waals surface area contributed by atoms with Gasteiger partial charge >= 0.3 is 0 Å². The molecular formula is C34H38BrN3O6S2. The summed E-state index contributed by atoms with van der Waals surface area (Å²) in [7, 11) is -3.47. The normalized spacial score (nSPS) is 11.6. The van der Waals surface area contributed by atoms with Gasteiger partial charge < -0.3 is 13.6 Å². The van der Waals surface area contributed by atoms with Gasteiger partial charge in [-0.05, 0) is 56.7 Å². The van der Waals surface area contributed by atoms with Gasteiger partial charge in [-0.15, -0.1) is 0 Å². The molecule has 9 nitrogen and oxygen atoms in total. The van der Waals surface area contributed by atoms with Crippen molar-refractivity contribution in [2.45, 2.75) is 37.1 Å². The van der Waals surface area contributed by atoms with E-state index in [0.29, 0.717) is 5.76 Å². The van der Waals surface area contributed by atoms with Crippen LogP contribution in [0.3, 0.4) is 0 Å². The van der Waals surface area contributed by atoms with Gasteiger partial charge in [-0.1, -0.05) is 99.4 Å². The molecule has 0 atom stereocenters. The van der Waals surface area contributed by atoms with Crippen molar-refractivity contribution < 1.29 is 30.4 Å². The summed E-state index contributed by atoms with van der Waals surface area (Å²) in [5.41, 5.74) is 5.63. The second kappa shape index (κ2) is 15.8. The molecule has 0 saturated carbocycles. The molecule has 0 aliphatic rings. The number of nitrogens with two attached hydrogens (primary N) is 1. The first kappa shape index (κ1) is 36.8. The maximum atomic E-state index is 11.3. The zero-order valence-electron chi connectivity index (χ0n) is 26.3. The van der Waals surface area contributed by atoms with Gasteiger partial charge in [-0.25, -0.2) is 22.0 Å². The van der Waals surface area contributed by atoms with Crippen molar-refractivity contribution in [1.82, 2.24) is 5.16 Å². The first-order valence-corrected chi connectivity index (χ1v) is 18.0. The fraction of sp³-hybridized carbons (Fsp3) is 0.206. The van der Waals surface area contributed by atoms with Crippen LogP contribution in [0.5, 0.6) is 0 Å². The smallest absolute Gasteiger partial charge is 0.238 e. The fourth-order valence-corrected chi connectivity index (χ4v) is 5.62. The molecule has 4 aromatic carbocycles. The Labute approximate surface area is 280 Å². The number of nitrogens with zero attached hydrogens (tertiary/aromatic N) is 2. The number of hydrogen-bond donors (Lipinski definition) is 1. The molecule has 0 aliphatic heterocycles. The number of quaternary nitrogens is 1. The van der Waals surface area contributed by atoms with Gasteiger partial charge in [0.2, 0.25) is 10.0 Å². The molecule has 1 aromatic heterocycles. The van der Waals surface area contributed by atoms with E-state index in [2.05, 4.69) is 66.4 Å². The highest BCUT2D eigenvalue weighted by Crippen LogP contribution is 2.34. The molecule has 244 valence electrons. The van der Waals surface area contributed by atoms with Gasteiger partial charge in [0.15, 0.2) is 0 Å². The summed E-state index contributed by atoms with van der Waals surface area (Å²) in [6.07, 6.45) is 0. The van der Waals surface area contributed by atoms with Crippen molar-refractivity contribution in [2.24, 2.45) is 5.14 Å². The van der Waals surface area contributed by atoms with Gasteiger partial charge in [0.25, 0.3) is 0 Å². The topological polar surface area (TPSA) is 143 Å². The Kier molecular flexibility index (Phi) is 12.6. The van der Waals surface area contributed by atoms with Crippen LogP contribution in [0.2, 0.25) is 0 Å². The molecular weight excluding hydrogens is 690 g/mol. The summed E-state index contributed by atoms with van der Waals surface area (Å²) in [4.78, 5) is -0.102. The average molecular weight is 729 g/mol. The highest BCUT2D eigenvalue weighted by molar-refractivity contribution is 9.10. The highest BCUT2D eigenvalue weighted by atomic mass is 79.9. The lowest BCUT2D eigenvalue weighted by Gasteiger charge is -2.28. The lowest BCUT2D eigenvalue weighted by atomic mass is 10.00. The minimum atomic E-state index is -4.27. The van der Waals surface area contributed by atoms with Crippen molar-refractivity contribution >= 4 is 36.1 Å². The molecule has 0 spiro atoms. The summed E-state index contributed by atoms with van der Waals surface area (Å²) < 4.78 is 61.4. The third-order valence-corrected chi connectivity index (χ3v) is 9.66. The Morgan fingerprint density at radius 1 is 0.783 bits per heavy atom.